The lowest BCUT2D eigenvalue weighted by molar-refractivity contribution is -0.120. The number of hydrogen-bond donors (Lipinski definition) is 1. The van der Waals surface area contributed by atoms with Crippen molar-refractivity contribution in [3.8, 4) is 0 Å². The molecule has 1 saturated heterocycles. The summed E-state index contributed by atoms with van der Waals surface area (Å²) in [7, 11) is 0. The molecule has 112 valence electrons. The molecule has 0 amide bonds. The van der Waals surface area contributed by atoms with Gasteiger partial charge in [0.25, 0.3) is 0 Å². The summed E-state index contributed by atoms with van der Waals surface area (Å²) in [6.45, 7) is 6.31. The summed E-state index contributed by atoms with van der Waals surface area (Å²) in [4.78, 5) is 4.51. The molecule has 0 aliphatic carbocycles. The van der Waals surface area contributed by atoms with Crippen molar-refractivity contribution in [1.82, 2.24) is 4.98 Å². The van der Waals surface area contributed by atoms with Gasteiger partial charge in [0.05, 0.1) is 5.60 Å². The second-order valence-electron chi connectivity index (χ2n) is 5.43. The van der Waals surface area contributed by atoms with Crippen LogP contribution in [0.2, 0.25) is 0 Å². The molecule has 1 unspecified atom stereocenters. The lowest BCUT2D eigenvalue weighted by atomic mass is 9.84. The number of rotatable bonds is 6. The molecule has 1 aliphatic heterocycles. The Morgan fingerprint density at radius 2 is 2.10 bits per heavy atom. The number of nitrogens with two attached hydrogens (primary N) is 1. The van der Waals surface area contributed by atoms with E-state index in [1.54, 1.807) is 0 Å². The second kappa shape index (κ2) is 7.16. The van der Waals surface area contributed by atoms with Crippen LogP contribution in [0.15, 0.2) is 18.3 Å². The fraction of sp³-hybridized carbons (Fsp3) is 0.688. The molecule has 2 rings (SSSR count). The molecule has 2 heterocycles. The first kappa shape index (κ1) is 15.4. The lowest BCUT2D eigenvalue weighted by Gasteiger charge is -2.41. The third-order valence-electron chi connectivity index (χ3n) is 4.17. The topological polar surface area (TPSA) is 57.4 Å². The average Bonchev–Trinajstić information content (AvgIpc) is 2.49. The molecule has 0 radical (unpaired) electrons. The molecule has 1 aliphatic rings. The average molecular weight is 278 g/mol. The molecule has 0 spiro atoms. The smallest absolute Gasteiger partial charge is 0.0880 e. The minimum Gasteiger partial charge on any atom is -0.381 e. The molecule has 4 heteroatoms. The maximum absolute atomic E-state index is 6.45. The standard InChI is InChI=1S/C16H26N2O2/c1-3-13-5-6-14(18-12-13)11-15(17)16(20-4-2)7-9-19-10-8-16/h5-6,12,15H,3-4,7-11,17H2,1-2H3. The Kier molecular flexibility index (Phi) is 5.52. The highest BCUT2D eigenvalue weighted by Gasteiger charge is 2.39. The van der Waals surface area contributed by atoms with Gasteiger partial charge in [-0.15, -0.1) is 0 Å². The maximum atomic E-state index is 6.45. The van der Waals surface area contributed by atoms with Crippen LogP contribution >= 0.6 is 0 Å². The van der Waals surface area contributed by atoms with Gasteiger partial charge in [-0.05, 0) is 25.0 Å². The predicted octanol–water partition coefficient (Wildman–Crippen LogP) is 2.10. The van der Waals surface area contributed by atoms with Gasteiger partial charge in [0.15, 0.2) is 0 Å². The van der Waals surface area contributed by atoms with Crippen LogP contribution in [-0.4, -0.2) is 36.4 Å². The van der Waals surface area contributed by atoms with E-state index >= 15 is 0 Å². The summed E-state index contributed by atoms with van der Waals surface area (Å²) >= 11 is 0. The second-order valence-corrected chi connectivity index (χ2v) is 5.43. The largest absolute Gasteiger partial charge is 0.381 e. The van der Waals surface area contributed by atoms with Crippen molar-refractivity contribution in [3.05, 3.63) is 29.6 Å². The minimum atomic E-state index is -0.252. The van der Waals surface area contributed by atoms with Gasteiger partial charge in [-0.2, -0.15) is 0 Å². The Labute approximate surface area is 121 Å². The highest BCUT2D eigenvalue weighted by atomic mass is 16.5. The quantitative estimate of drug-likeness (QED) is 0.866. The number of nitrogens with zero attached hydrogens (tertiary/aromatic N) is 1. The molecule has 1 fully saturated rings. The molecular weight excluding hydrogens is 252 g/mol. The van der Waals surface area contributed by atoms with Gasteiger partial charge in [-0.25, -0.2) is 0 Å². The number of hydrogen-bond acceptors (Lipinski definition) is 4. The molecule has 20 heavy (non-hydrogen) atoms. The Bertz CT molecular complexity index is 394. The summed E-state index contributed by atoms with van der Waals surface area (Å²) in [5, 5.41) is 0. The van der Waals surface area contributed by atoms with E-state index in [0.29, 0.717) is 6.61 Å². The van der Waals surface area contributed by atoms with E-state index in [1.807, 2.05) is 13.1 Å². The highest BCUT2D eigenvalue weighted by molar-refractivity contribution is 5.15. The third kappa shape index (κ3) is 3.57. The van der Waals surface area contributed by atoms with Crippen LogP contribution in [0.5, 0.6) is 0 Å². The molecule has 1 aromatic rings. The van der Waals surface area contributed by atoms with Crippen molar-refractivity contribution in [2.75, 3.05) is 19.8 Å². The predicted molar refractivity (Wildman–Crippen MR) is 79.7 cm³/mol. The Balaban J connectivity index is 2.05. The third-order valence-corrected chi connectivity index (χ3v) is 4.17. The van der Waals surface area contributed by atoms with E-state index in [2.05, 4.69) is 24.0 Å². The number of aromatic nitrogens is 1. The van der Waals surface area contributed by atoms with E-state index in [1.165, 1.54) is 5.56 Å². The van der Waals surface area contributed by atoms with Gasteiger partial charge in [-0.1, -0.05) is 13.0 Å². The zero-order valence-corrected chi connectivity index (χ0v) is 12.6. The first-order valence-electron chi connectivity index (χ1n) is 7.61. The van der Waals surface area contributed by atoms with Crippen molar-refractivity contribution in [2.24, 2.45) is 5.73 Å². The molecule has 0 saturated carbocycles. The highest BCUT2D eigenvalue weighted by Crippen LogP contribution is 2.29. The van der Waals surface area contributed by atoms with Crippen molar-refractivity contribution < 1.29 is 9.47 Å². The van der Waals surface area contributed by atoms with Crippen molar-refractivity contribution in [1.29, 1.82) is 0 Å². The van der Waals surface area contributed by atoms with Crippen molar-refractivity contribution in [2.45, 2.75) is 51.2 Å². The van der Waals surface area contributed by atoms with Crippen LogP contribution in [0, 0.1) is 0 Å². The molecule has 2 N–H and O–H groups in total. The van der Waals surface area contributed by atoms with E-state index in [4.69, 9.17) is 15.2 Å². The normalized spacial score (nSPS) is 19.8. The van der Waals surface area contributed by atoms with E-state index in [-0.39, 0.29) is 11.6 Å². The Hall–Kier alpha value is -0.970. The Morgan fingerprint density at radius 1 is 1.35 bits per heavy atom. The fourth-order valence-corrected chi connectivity index (χ4v) is 2.82. The zero-order chi connectivity index (χ0) is 14.4. The van der Waals surface area contributed by atoms with Gasteiger partial charge in [0.2, 0.25) is 0 Å². The first-order valence-corrected chi connectivity index (χ1v) is 7.61. The van der Waals surface area contributed by atoms with Gasteiger partial charge in [-0.3, -0.25) is 4.98 Å². The van der Waals surface area contributed by atoms with Gasteiger partial charge >= 0.3 is 0 Å². The summed E-state index contributed by atoms with van der Waals surface area (Å²) < 4.78 is 11.5. The molecule has 0 bridgehead atoms. The molecule has 1 aromatic heterocycles. The monoisotopic (exact) mass is 278 g/mol. The summed E-state index contributed by atoms with van der Waals surface area (Å²) in [6.07, 6.45) is 5.45. The number of pyridine rings is 1. The molecule has 4 nitrogen and oxygen atoms in total. The molecular formula is C16H26N2O2. The van der Waals surface area contributed by atoms with Crippen molar-refractivity contribution in [3.63, 3.8) is 0 Å². The summed E-state index contributed by atoms with van der Waals surface area (Å²) in [6, 6.07) is 4.18. The lowest BCUT2D eigenvalue weighted by Crippen LogP contribution is -2.54. The molecule has 0 aromatic carbocycles. The summed E-state index contributed by atoms with van der Waals surface area (Å²) in [5.74, 6) is 0. The Morgan fingerprint density at radius 3 is 2.65 bits per heavy atom. The van der Waals surface area contributed by atoms with Crippen LogP contribution in [-0.2, 0) is 22.3 Å². The van der Waals surface area contributed by atoms with Crippen LogP contribution in [0.4, 0.5) is 0 Å². The van der Waals surface area contributed by atoms with Gasteiger partial charge in [0, 0.05) is 57.0 Å². The van der Waals surface area contributed by atoms with Gasteiger partial charge in [0.1, 0.15) is 0 Å². The zero-order valence-electron chi connectivity index (χ0n) is 12.6. The fourth-order valence-electron chi connectivity index (χ4n) is 2.82. The summed E-state index contributed by atoms with van der Waals surface area (Å²) in [5.41, 5.74) is 8.50. The van der Waals surface area contributed by atoms with E-state index in [9.17, 15) is 0 Å². The first-order chi connectivity index (χ1) is 9.70. The van der Waals surface area contributed by atoms with E-state index in [0.717, 1.165) is 44.6 Å². The molecule has 1 atom stereocenters. The van der Waals surface area contributed by atoms with E-state index < -0.39 is 0 Å². The van der Waals surface area contributed by atoms with Crippen LogP contribution in [0.1, 0.15) is 37.9 Å². The number of aryl methyl sites for hydroxylation is 1. The maximum Gasteiger partial charge on any atom is 0.0880 e. The van der Waals surface area contributed by atoms with Crippen molar-refractivity contribution >= 4 is 0 Å². The minimum absolute atomic E-state index is 0.0358. The van der Waals surface area contributed by atoms with Crippen LogP contribution in [0.25, 0.3) is 0 Å². The van der Waals surface area contributed by atoms with Gasteiger partial charge < -0.3 is 15.2 Å². The van der Waals surface area contributed by atoms with Crippen LogP contribution < -0.4 is 5.73 Å². The SMILES string of the molecule is CCOC1(C(N)Cc2ccc(CC)cn2)CCOCC1. The van der Waals surface area contributed by atoms with Crippen LogP contribution in [0.3, 0.4) is 0 Å². The number of ether oxygens (including phenoxy) is 2.